The van der Waals surface area contributed by atoms with E-state index in [0.717, 1.165) is 69.9 Å². The predicted molar refractivity (Wildman–Crippen MR) is 188 cm³/mol. The molecule has 3 heteroatoms. The normalized spacial score (nSPS) is 22.0. The summed E-state index contributed by atoms with van der Waals surface area (Å²) >= 11 is 0. The third-order valence-electron chi connectivity index (χ3n) is 8.97. The molecule has 2 aromatic carbocycles. The SMILES string of the molecule is C=C(/C=C\C)/C(=C/C=C\C(=C)[C@@]1(CC/C=C\C=C/CCN)C=CC12C=CC(c1cccc3c1oc1ccccc13)=CC2)CO. The van der Waals surface area contributed by atoms with Crippen molar-refractivity contribution in [3.05, 3.63) is 163 Å². The summed E-state index contributed by atoms with van der Waals surface area (Å²) in [5.41, 5.74) is 12.0. The number of nitrogens with two attached hydrogens (primary N) is 1. The lowest BCUT2D eigenvalue weighted by Crippen LogP contribution is -2.46. The average molecular weight is 582 g/mol. The van der Waals surface area contributed by atoms with E-state index in [9.17, 15) is 5.11 Å². The van der Waals surface area contributed by atoms with Gasteiger partial charge in [0.2, 0.25) is 0 Å². The minimum Gasteiger partial charge on any atom is -0.455 e. The van der Waals surface area contributed by atoms with Gasteiger partial charge in [-0.05, 0) is 67.5 Å². The molecule has 2 aliphatic rings. The van der Waals surface area contributed by atoms with Crippen LogP contribution in [0.3, 0.4) is 0 Å². The minimum atomic E-state index is -0.230. The van der Waals surface area contributed by atoms with E-state index in [1.54, 1.807) is 0 Å². The van der Waals surface area contributed by atoms with E-state index in [4.69, 9.17) is 10.2 Å². The van der Waals surface area contributed by atoms with Crippen molar-refractivity contribution >= 4 is 27.5 Å². The van der Waals surface area contributed by atoms with Crippen LogP contribution in [0, 0.1) is 10.8 Å². The summed E-state index contributed by atoms with van der Waals surface area (Å²) in [6, 6.07) is 14.6. The summed E-state index contributed by atoms with van der Waals surface area (Å²) in [4.78, 5) is 0. The summed E-state index contributed by atoms with van der Waals surface area (Å²) in [5, 5.41) is 12.2. The topological polar surface area (TPSA) is 59.4 Å². The molecule has 0 bridgehead atoms. The number of aliphatic hydroxyl groups excluding tert-OH is 1. The van der Waals surface area contributed by atoms with Crippen molar-refractivity contribution in [3.8, 4) is 0 Å². The van der Waals surface area contributed by atoms with E-state index in [2.05, 4.69) is 104 Å². The molecule has 1 unspecified atom stereocenters. The van der Waals surface area contributed by atoms with Crippen molar-refractivity contribution < 1.29 is 9.52 Å². The number of furan rings is 1. The first-order chi connectivity index (χ1) is 21.5. The number of fused-ring (bicyclic) bond motifs is 3. The maximum absolute atomic E-state index is 9.88. The standard InChI is InChI=1S/C41H43NO2/c1-4-15-31(2)34(30-43)17-13-16-32(3)41(24-11-7-5-6-8-12-29-42)28-27-40(41)25-22-33(23-26-40)35-19-14-20-37-36-18-9-10-21-38(36)44-39(35)37/h4-10,13-23,25,27-28,43H,2-3,11-12,24,26,29-30,42H2,1H3/b7-5-,8-6-,15-4-,16-13-,34-17+/t40?,41-/m1/s1. The van der Waals surface area contributed by atoms with Crippen LogP contribution in [0.25, 0.3) is 27.5 Å². The summed E-state index contributed by atoms with van der Waals surface area (Å²) < 4.78 is 6.35. The summed E-state index contributed by atoms with van der Waals surface area (Å²) in [6.07, 6.45) is 33.6. The molecule has 44 heavy (non-hydrogen) atoms. The molecule has 0 fully saturated rings. The second kappa shape index (κ2) is 13.9. The fourth-order valence-corrected chi connectivity index (χ4v) is 6.42. The Morgan fingerprint density at radius 3 is 2.45 bits per heavy atom. The van der Waals surface area contributed by atoms with Crippen LogP contribution >= 0.6 is 0 Å². The van der Waals surface area contributed by atoms with Crippen LogP contribution in [0.2, 0.25) is 0 Å². The molecule has 0 saturated heterocycles. The van der Waals surface area contributed by atoms with Gasteiger partial charge in [-0.2, -0.15) is 0 Å². The Labute approximate surface area is 261 Å². The van der Waals surface area contributed by atoms with Gasteiger partial charge < -0.3 is 15.3 Å². The van der Waals surface area contributed by atoms with E-state index in [0.29, 0.717) is 6.54 Å². The maximum Gasteiger partial charge on any atom is 0.143 e. The number of aliphatic hydroxyl groups is 1. The van der Waals surface area contributed by atoms with Crippen molar-refractivity contribution in [2.75, 3.05) is 13.2 Å². The maximum atomic E-state index is 9.88. The molecular formula is C41H43NO2. The van der Waals surface area contributed by atoms with Crippen LogP contribution in [0.4, 0.5) is 0 Å². The average Bonchev–Trinajstić information content (AvgIpc) is 3.43. The number of allylic oxidation sites excluding steroid dienone is 15. The third-order valence-corrected chi connectivity index (χ3v) is 8.97. The number of rotatable bonds is 13. The van der Waals surface area contributed by atoms with Gasteiger partial charge in [0.05, 0.1) is 6.61 Å². The summed E-state index contributed by atoms with van der Waals surface area (Å²) in [5.74, 6) is 0. The van der Waals surface area contributed by atoms with Gasteiger partial charge in [0.1, 0.15) is 11.2 Å². The molecule has 224 valence electrons. The van der Waals surface area contributed by atoms with E-state index in [1.807, 2.05) is 43.4 Å². The monoisotopic (exact) mass is 581 g/mol. The molecule has 5 rings (SSSR count). The number of hydrogen-bond donors (Lipinski definition) is 2. The highest BCUT2D eigenvalue weighted by atomic mass is 16.3. The van der Waals surface area contributed by atoms with E-state index < -0.39 is 0 Å². The molecule has 0 radical (unpaired) electrons. The fraction of sp³-hybridized carbons (Fsp3) is 0.220. The van der Waals surface area contributed by atoms with Crippen molar-refractivity contribution in [3.63, 3.8) is 0 Å². The van der Waals surface area contributed by atoms with Gasteiger partial charge in [0.15, 0.2) is 0 Å². The summed E-state index contributed by atoms with van der Waals surface area (Å²) in [7, 11) is 0. The molecule has 3 N–H and O–H groups in total. The molecule has 1 heterocycles. The van der Waals surface area contributed by atoms with Crippen molar-refractivity contribution in [1.29, 1.82) is 0 Å². The van der Waals surface area contributed by atoms with Gasteiger partial charge in [0.25, 0.3) is 0 Å². The Bertz CT molecular complexity index is 1780. The highest BCUT2D eigenvalue weighted by Gasteiger charge is 2.53. The minimum absolute atomic E-state index is 0.0638. The van der Waals surface area contributed by atoms with E-state index in [-0.39, 0.29) is 17.4 Å². The van der Waals surface area contributed by atoms with Crippen LogP contribution in [0.5, 0.6) is 0 Å². The van der Waals surface area contributed by atoms with Crippen LogP contribution in [0.15, 0.2) is 162 Å². The van der Waals surface area contributed by atoms with Crippen molar-refractivity contribution in [2.45, 2.75) is 32.6 Å². The lowest BCUT2D eigenvalue weighted by molar-refractivity contribution is 0.190. The van der Waals surface area contributed by atoms with Crippen LogP contribution in [-0.2, 0) is 0 Å². The Hall–Kier alpha value is -4.44. The third kappa shape index (κ3) is 5.99. The zero-order valence-corrected chi connectivity index (χ0v) is 25.7. The molecule has 2 atom stereocenters. The van der Waals surface area contributed by atoms with Gasteiger partial charge >= 0.3 is 0 Å². The van der Waals surface area contributed by atoms with Crippen molar-refractivity contribution in [2.24, 2.45) is 16.6 Å². The number of benzene rings is 2. The molecule has 0 amide bonds. The smallest absolute Gasteiger partial charge is 0.143 e. The van der Waals surface area contributed by atoms with E-state index >= 15 is 0 Å². The number of para-hydroxylation sites is 2. The first-order valence-corrected chi connectivity index (χ1v) is 15.5. The van der Waals surface area contributed by atoms with Gasteiger partial charge in [-0.3, -0.25) is 0 Å². The second-order valence-electron chi connectivity index (χ2n) is 11.6. The molecule has 1 aromatic heterocycles. The van der Waals surface area contributed by atoms with Gasteiger partial charge in [-0.1, -0.05) is 135 Å². The zero-order chi connectivity index (χ0) is 31.0. The second-order valence-corrected chi connectivity index (χ2v) is 11.6. The molecule has 3 nitrogen and oxygen atoms in total. The summed E-state index contributed by atoms with van der Waals surface area (Å²) in [6.45, 7) is 11.2. The Morgan fingerprint density at radius 1 is 0.955 bits per heavy atom. The van der Waals surface area contributed by atoms with Gasteiger partial charge in [0, 0.05) is 27.2 Å². The molecule has 2 aliphatic carbocycles. The van der Waals surface area contributed by atoms with Gasteiger partial charge in [-0.25, -0.2) is 0 Å². The molecule has 3 aromatic rings. The lowest BCUT2D eigenvalue weighted by atomic mass is 9.48. The quantitative estimate of drug-likeness (QED) is 0.156. The van der Waals surface area contributed by atoms with Crippen LogP contribution in [-0.4, -0.2) is 18.3 Å². The fourth-order valence-electron chi connectivity index (χ4n) is 6.42. The first-order valence-electron chi connectivity index (χ1n) is 15.5. The molecular weight excluding hydrogens is 538 g/mol. The highest BCUT2D eigenvalue weighted by molar-refractivity contribution is 6.08. The Balaban J connectivity index is 1.43. The lowest BCUT2D eigenvalue weighted by Gasteiger charge is -2.54. The molecule has 1 spiro atoms. The largest absolute Gasteiger partial charge is 0.455 e. The van der Waals surface area contributed by atoms with Gasteiger partial charge in [-0.15, -0.1) is 0 Å². The Kier molecular flexibility index (Phi) is 9.79. The predicted octanol–water partition coefficient (Wildman–Crippen LogP) is 9.88. The Morgan fingerprint density at radius 2 is 1.75 bits per heavy atom. The van der Waals surface area contributed by atoms with Crippen molar-refractivity contribution in [1.82, 2.24) is 0 Å². The first kappa shape index (κ1) is 31.0. The molecule has 0 saturated carbocycles. The zero-order valence-electron chi connectivity index (χ0n) is 25.7. The highest BCUT2D eigenvalue weighted by Crippen LogP contribution is 2.62. The van der Waals surface area contributed by atoms with Crippen LogP contribution < -0.4 is 5.73 Å². The van der Waals surface area contributed by atoms with E-state index in [1.165, 1.54) is 5.57 Å². The van der Waals surface area contributed by atoms with Crippen LogP contribution in [0.1, 0.15) is 38.2 Å². The molecule has 0 aliphatic heterocycles. The number of hydrogen-bond acceptors (Lipinski definition) is 3.